The van der Waals surface area contributed by atoms with Crippen LogP contribution < -0.4 is 0 Å². The molecule has 1 atom stereocenters. The van der Waals surface area contributed by atoms with E-state index < -0.39 is 0 Å². The van der Waals surface area contributed by atoms with Crippen LogP contribution in [0.1, 0.15) is 26.2 Å². The average molecular weight is 146 g/mol. The molecule has 60 valence electrons. The van der Waals surface area contributed by atoms with Crippen molar-refractivity contribution in [2.45, 2.75) is 32.3 Å². The lowest BCUT2D eigenvalue weighted by molar-refractivity contribution is -0.140. The van der Waals surface area contributed by atoms with E-state index in [-0.39, 0.29) is 12.1 Å². The van der Waals surface area contributed by atoms with E-state index in [1.165, 1.54) is 7.11 Å². The van der Waals surface area contributed by atoms with Gasteiger partial charge >= 0.3 is 5.97 Å². The van der Waals surface area contributed by atoms with E-state index in [4.69, 9.17) is 5.11 Å². The first-order valence-corrected chi connectivity index (χ1v) is 3.41. The molecule has 0 radical (unpaired) electrons. The zero-order chi connectivity index (χ0) is 7.98. The Bertz CT molecular complexity index is 99.0. The maximum atomic E-state index is 10.5. The van der Waals surface area contributed by atoms with E-state index in [9.17, 15) is 4.79 Å². The minimum Gasteiger partial charge on any atom is -0.469 e. The van der Waals surface area contributed by atoms with Gasteiger partial charge in [-0.25, -0.2) is 0 Å². The van der Waals surface area contributed by atoms with Gasteiger partial charge in [-0.15, -0.1) is 0 Å². The molecule has 3 nitrogen and oxygen atoms in total. The standard InChI is InChI=1S/C7H14O3/c1-6(8)4-3-5-7(9)10-2/h6,8H,3-5H2,1-2H3. The number of esters is 1. The van der Waals surface area contributed by atoms with Crippen molar-refractivity contribution in [1.82, 2.24) is 0 Å². The summed E-state index contributed by atoms with van der Waals surface area (Å²) in [7, 11) is 1.37. The lowest BCUT2D eigenvalue weighted by Crippen LogP contribution is -2.03. The summed E-state index contributed by atoms with van der Waals surface area (Å²) in [6.45, 7) is 1.71. The lowest BCUT2D eigenvalue weighted by atomic mass is 10.2. The van der Waals surface area contributed by atoms with Crippen LogP contribution in [0, 0.1) is 0 Å². The van der Waals surface area contributed by atoms with E-state index in [2.05, 4.69) is 4.74 Å². The number of methoxy groups -OCH3 is 1. The molecule has 0 saturated carbocycles. The SMILES string of the molecule is COC(=O)CCCC(C)O. The van der Waals surface area contributed by atoms with Gasteiger partial charge in [0.2, 0.25) is 0 Å². The molecule has 0 bridgehead atoms. The van der Waals surface area contributed by atoms with Crippen molar-refractivity contribution >= 4 is 5.97 Å². The highest BCUT2D eigenvalue weighted by Gasteiger charge is 2.00. The van der Waals surface area contributed by atoms with Crippen LogP contribution in [0.3, 0.4) is 0 Å². The number of rotatable bonds is 4. The lowest BCUT2D eigenvalue weighted by Gasteiger charge is -2.01. The number of carbonyl (C=O) groups is 1. The minimum absolute atomic E-state index is 0.208. The topological polar surface area (TPSA) is 46.5 Å². The first-order chi connectivity index (χ1) is 4.66. The van der Waals surface area contributed by atoms with Crippen molar-refractivity contribution in [1.29, 1.82) is 0 Å². The molecular weight excluding hydrogens is 132 g/mol. The number of aliphatic hydroxyl groups excluding tert-OH is 1. The van der Waals surface area contributed by atoms with Crippen LogP contribution in [-0.4, -0.2) is 24.3 Å². The van der Waals surface area contributed by atoms with Gasteiger partial charge in [-0.3, -0.25) is 4.79 Å². The number of aliphatic hydroxyl groups is 1. The summed E-state index contributed by atoms with van der Waals surface area (Å²) in [5.41, 5.74) is 0. The molecule has 0 aliphatic heterocycles. The van der Waals surface area contributed by atoms with Gasteiger partial charge < -0.3 is 9.84 Å². The fraction of sp³-hybridized carbons (Fsp3) is 0.857. The number of ether oxygens (including phenoxy) is 1. The fourth-order valence-corrected chi connectivity index (χ4v) is 0.644. The van der Waals surface area contributed by atoms with E-state index in [1.54, 1.807) is 6.92 Å². The Labute approximate surface area is 61.0 Å². The van der Waals surface area contributed by atoms with Crippen LogP contribution in [0.15, 0.2) is 0 Å². The van der Waals surface area contributed by atoms with Crippen molar-refractivity contribution in [3.63, 3.8) is 0 Å². The molecule has 0 aromatic rings. The third-order valence-corrected chi connectivity index (χ3v) is 1.23. The van der Waals surface area contributed by atoms with Gasteiger partial charge in [-0.1, -0.05) is 0 Å². The predicted octanol–water partition coefficient (Wildman–Crippen LogP) is 0.710. The van der Waals surface area contributed by atoms with E-state index in [0.29, 0.717) is 19.3 Å². The summed E-state index contributed by atoms with van der Waals surface area (Å²) < 4.78 is 4.41. The maximum absolute atomic E-state index is 10.5. The average Bonchev–Trinajstić information content (AvgIpc) is 1.87. The van der Waals surface area contributed by atoms with E-state index >= 15 is 0 Å². The normalized spacial score (nSPS) is 12.7. The Kier molecular flexibility index (Phi) is 4.94. The van der Waals surface area contributed by atoms with Gasteiger partial charge in [-0.2, -0.15) is 0 Å². The summed E-state index contributed by atoms with van der Waals surface area (Å²) in [5, 5.41) is 8.79. The van der Waals surface area contributed by atoms with Gasteiger partial charge in [-0.05, 0) is 19.8 Å². The monoisotopic (exact) mass is 146 g/mol. The largest absolute Gasteiger partial charge is 0.469 e. The van der Waals surface area contributed by atoms with Crippen molar-refractivity contribution in [2.75, 3.05) is 7.11 Å². The molecule has 0 aromatic carbocycles. The van der Waals surface area contributed by atoms with Crippen molar-refractivity contribution < 1.29 is 14.6 Å². The summed E-state index contributed by atoms with van der Waals surface area (Å²) in [6.07, 6.45) is 1.45. The molecule has 0 aromatic heterocycles. The number of hydrogen-bond acceptors (Lipinski definition) is 3. The predicted molar refractivity (Wildman–Crippen MR) is 37.5 cm³/mol. The molecule has 0 amide bonds. The highest BCUT2D eigenvalue weighted by Crippen LogP contribution is 2.00. The Morgan fingerprint density at radius 1 is 1.70 bits per heavy atom. The summed E-state index contributed by atoms with van der Waals surface area (Å²) in [5.74, 6) is -0.208. The third-order valence-electron chi connectivity index (χ3n) is 1.23. The quantitative estimate of drug-likeness (QED) is 0.594. The molecule has 0 rings (SSSR count). The van der Waals surface area contributed by atoms with Crippen LogP contribution in [0.25, 0.3) is 0 Å². The zero-order valence-corrected chi connectivity index (χ0v) is 6.46. The number of hydrogen-bond donors (Lipinski definition) is 1. The molecule has 0 aliphatic carbocycles. The van der Waals surface area contributed by atoms with E-state index in [1.807, 2.05) is 0 Å². The molecule has 0 fully saturated rings. The highest BCUT2D eigenvalue weighted by molar-refractivity contribution is 5.68. The highest BCUT2D eigenvalue weighted by atomic mass is 16.5. The first-order valence-electron chi connectivity index (χ1n) is 3.41. The maximum Gasteiger partial charge on any atom is 0.305 e. The number of carbonyl (C=O) groups excluding carboxylic acids is 1. The van der Waals surface area contributed by atoms with Crippen LogP contribution in [0.5, 0.6) is 0 Å². The second-order valence-electron chi connectivity index (χ2n) is 2.32. The van der Waals surface area contributed by atoms with E-state index in [0.717, 1.165) is 0 Å². The smallest absolute Gasteiger partial charge is 0.305 e. The molecular formula is C7H14O3. The van der Waals surface area contributed by atoms with Crippen LogP contribution >= 0.6 is 0 Å². The molecule has 0 saturated heterocycles. The second kappa shape index (κ2) is 5.23. The summed E-state index contributed by atoms with van der Waals surface area (Å²) >= 11 is 0. The zero-order valence-electron chi connectivity index (χ0n) is 6.46. The second-order valence-corrected chi connectivity index (χ2v) is 2.32. The minimum atomic E-state index is -0.315. The first kappa shape index (κ1) is 9.43. The molecule has 1 N–H and O–H groups in total. The van der Waals surface area contributed by atoms with Crippen molar-refractivity contribution in [3.8, 4) is 0 Å². The van der Waals surface area contributed by atoms with Crippen LogP contribution in [-0.2, 0) is 9.53 Å². The van der Waals surface area contributed by atoms with Gasteiger partial charge in [0.05, 0.1) is 13.2 Å². The van der Waals surface area contributed by atoms with Crippen LogP contribution in [0.4, 0.5) is 0 Å². The Balaban J connectivity index is 3.12. The molecule has 1 unspecified atom stereocenters. The van der Waals surface area contributed by atoms with Gasteiger partial charge in [0.25, 0.3) is 0 Å². The van der Waals surface area contributed by atoms with Gasteiger partial charge in [0.15, 0.2) is 0 Å². The summed E-state index contributed by atoms with van der Waals surface area (Å²) in [4.78, 5) is 10.5. The van der Waals surface area contributed by atoms with Crippen molar-refractivity contribution in [3.05, 3.63) is 0 Å². The third kappa shape index (κ3) is 5.56. The Hall–Kier alpha value is -0.570. The van der Waals surface area contributed by atoms with Gasteiger partial charge in [0, 0.05) is 6.42 Å². The summed E-state index contributed by atoms with van der Waals surface area (Å²) in [6, 6.07) is 0. The van der Waals surface area contributed by atoms with Gasteiger partial charge in [0.1, 0.15) is 0 Å². The molecule has 0 aliphatic rings. The van der Waals surface area contributed by atoms with Crippen LogP contribution in [0.2, 0.25) is 0 Å². The Morgan fingerprint density at radius 3 is 2.70 bits per heavy atom. The molecule has 10 heavy (non-hydrogen) atoms. The fourth-order valence-electron chi connectivity index (χ4n) is 0.644. The molecule has 0 spiro atoms. The molecule has 3 heteroatoms. The Morgan fingerprint density at radius 2 is 2.30 bits per heavy atom. The van der Waals surface area contributed by atoms with Crippen molar-refractivity contribution in [2.24, 2.45) is 0 Å². The molecule has 0 heterocycles.